The monoisotopic (exact) mass is 375 g/mol. The summed E-state index contributed by atoms with van der Waals surface area (Å²) < 4.78 is 11.8. The fourth-order valence-corrected chi connectivity index (χ4v) is 3.57. The molecule has 4 heteroatoms. The van der Waals surface area contributed by atoms with E-state index in [2.05, 4.69) is 5.32 Å². The van der Waals surface area contributed by atoms with E-state index in [9.17, 15) is 4.79 Å². The van der Waals surface area contributed by atoms with E-state index in [-0.39, 0.29) is 12.1 Å². The van der Waals surface area contributed by atoms with Gasteiger partial charge in [0.1, 0.15) is 11.9 Å². The Hall–Kier alpha value is -2.85. The molecule has 0 unspecified atom stereocenters. The molecule has 3 aromatic rings. The molecule has 1 N–H and O–H groups in total. The Morgan fingerprint density at radius 1 is 0.964 bits per heavy atom. The third-order valence-corrected chi connectivity index (χ3v) is 5.11. The van der Waals surface area contributed by atoms with Crippen LogP contribution in [0.1, 0.15) is 28.8 Å². The van der Waals surface area contributed by atoms with Crippen molar-refractivity contribution in [2.75, 3.05) is 19.7 Å². The van der Waals surface area contributed by atoms with Crippen LogP contribution in [0.2, 0.25) is 0 Å². The van der Waals surface area contributed by atoms with Gasteiger partial charge in [-0.05, 0) is 49.0 Å². The van der Waals surface area contributed by atoms with E-state index in [1.807, 2.05) is 66.7 Å². The van der Waals surface area contributed by atoms with Crippen molar-refractivity contribution in [2.24, 2.45) is 0 Å². The zero-order chi connectivity index (χ0) is 19.2. The van der Waals surface area contributed by atoms with E-state index in [0.717, 1.165) is 48.0 Å². The minimum atomic E-state index is -0.308. The summed E-state index contributed by atoms with van der Waals surface area (Å²) in [6.45, 7) is 2.29. The Morgan fingerprint density at radius 3 is 2.54 bits per heavy atom. The molecule has 28 heavy (non-hydrogen) atoms. The Bertz CT molecular complexity index is 933. The summed E-state index contributed by atoms with van der Waals surface area (Å²) in [5, 5.41) is 5.37. The SMILES string of the molecule is O=C(OCCc1ccccc1)c1cc(OC2CCNCC2)c2ccccc2c1. The second-order valence-corrected chi connectivity index (χ2v) is 7.13. The summed E-state index contributed by atoms with van der Waals surface area (Å²) >= 11 is 0. The maximum Gasteiger partial charge on any atom is 0.338 e. The Morgan fingerprint density at radius 2 is 1.71 bits per heavy atom. The molecule has 1 aliphatic rings. The number of fused-ring (bicyclic) bond motifs is 1. The Kier molecular flexibility index (Phi) is 5.88. The van der Waals surface area contributed by atoms with E-state index >= 15 is 0 Å². The summed E-state index contributed by atoms with van der Waals surface area (Å²) in [4.78, 5) is 12.6. The molecule has 1 saturated heterocycles. The highest BCUT2D eigenvalue weighted by Gasteiger charge is 2.18. The molecule has 1 aliphatic heterocycles. The fraction of sp³-hybridized carbons (Fsp3) is 0.292. The van der Waals surface area contributed by atoms with Crippen molar-refractivity contribution >= 4 is 16.7 Å². The van der Waals surface area contributed by atoms with Crippen LogP contribution < -0.4 is 10.1 Å². The first-order valence-electron chi connectivity index (χ1n) is 9.91. The molecule has 0 radical (unpaired) electrons. The predicted octanol–water partition coefficient (Wildman–Crippen LogP) is 4.37. The van der Waals surface area contributed by atoms with Crippen LogP contribution in [-0.4, -0.2) is 31.8 Å². The summed E-state index contributed by atoms with van der Waals surface area (Å²) in [5.74, 6) is 0.455. The average Bonchev–Trinajstić information content (AvgIpc) is 2.75. The molecule has 0 bridgehead atoms. The summed E-state index contributed by atoms with van der Waals surface area (Å²) in [5.41, 5.74) is 1.69. The maximum absolute atomic E-state index is 12.6. The highest BCUT2D eigenvalue weighted by molar-refractivity contribution is 5.98. The number of esters is 1. The maximum atomic E-state index is 12.6. The van der Waals surface area contributed by atoms with Gasteiger partial charge in [-0.3, -0.25) is 0 Å². The molecule has 0 amide bonds. The minimum Gasteiger partial charge on any atom is -0.490 e. The van der Waals surface area contributed by atoms with Crippen LogP contribution in [0.25, 0.3) is 10.8 Å². The highest BCUT2D eigenvalue weighted by atomic mass is 16.5. The number of piperidine rings is 1. The zero-order valence-corrected chi connectivity index (χ0v) is 15.9. The van der Waals surface area contributed by atoms with Crippen LogP contribution in [0.15, 0.2) is 66.7 Å². The molecular weight excluding hydrogens is 350 g/mol. The summed E-state index contributed by atoms with van der Waals surface area (Å²) in [6, 6.07) is 21.8. The lowest BCUT2D eigenvalue weighted by Gasteiger charge is -2.24. The Balaban J connectivity index is 1.50. The fourth-order valence-electron chi connectivity index (χ4n) is 3.57. The van der Waals surface area contributed by atoms with Crippen LogP contribution in [0.3, 0.4) is 0 Å². The lowest BCUT2D eigenvalue weighted by molar-refractivity contribution is 0.0508. The molecular formula is C24H25NO3. The largest absolute Gasteiger partial charge is 0.490 e. The number of benzene rings is 3. The minimum absolute atomic E-state index is 0.175. The molecule has 144 valence electrons. The number of rotatable bonds is 6. The normalized spacial score (nSPS) is 14.7. The van der Waals surface area contributed by atoms with Crippen LogP contribution >= 0.6 is 0 Å². The van der Waals surface area contributed by atoms with Crippen LogP contribution in [0, 0.1) is 0 Å². The van der Waals surface area contributed by atoms with E-state index in [0.29, 0.717) is 18.6 Å². The van der Waals surface area contributed by atoms with E-state index < -0.39 is 0 Å². The number of hydrogen-bond acceptors (Lipinski definition) is 4. The number of hydrogen-bond donors (Lipinski definition) is 1. The number of nitrogens with one attached hydrogen (secondary N) is 1. The molecule has 0 spiro atoms. The van der Waals surface area contributed by atoms with Crippen LogP contribution in [0.5, 0.6) is 5.75 Å². The molecule has 4 nitrogen and oxygen atoms in total. The number of ether oxygens (including phenoxy) is 2. The molecule has 3 aromatic carbocycles. The molecule has 0 saturated carbocycles. The molecule has 1 heterocycles. The van der Waals surface area contributed by atoms with Crippen molar-refractivity contribution in [3.8, 4) is 5.75 Å². The predicted molar refractivity (Wildman–Crippen MR) is 111 cm³/mol. The smallest absolute Gasteiger partial charge is 0.338 e. The standard InChI is InChI=1S/C24H25NO3/c26-24(27-15-12-18-6-2-1-3-7-18)20-16-19-8-4-5-9-22(19)23(17-20)28-21-10-13-25-14-11-21/h1-9,16-17,21,25H,10-15H2. The van der Waals surface area contributed by atoms with Crippen molar-refractivity contribution in [3.63, 3.8) is 0 Å². The van der Waals surface area contributed by atoms with Gasteiger partial charge < -0.3 is 14.8 Å². The van der Waals surface area contributed by atoms with Gasteiger partial charge in [-0.25, -0.2) is 4.79 Å². The van der Waals surface area contributed by atoms with Crippen LogP contribution in [-0.2, 0) is 11.2 Å². The second kappa shape index (κ2) is 8.89. The van der Waals surface area contributed by atoms with Gasteiger partial charge in [0.05, 0.1) is 12.2 Å². The van der Waals surface area contributed by atoms with Gasteiger partial charge in [-0.15, -0.1) is 0 Å². The van der Waals surface area contributed by atoms with Crippen molar-refractivity contribution in [1.82, 2.24) is 5.32 Å². The number of carbonyl (C=O) groups is 1. The molecule has 0 aliphatic carbocycles. The van der Waals surface area contributed by atoms with Gasteiger partial charge in [0.15, 0.2) is 0 Å². The quantitative estimate of drug-likeness (QED) is 0.650. The van der Waals surface area contributed by atoms with Gasteiger partial charge >= 0.3 is 5.97 Å². The van der Waals surface area contributed by atoms with Gasteiger partial charge in [0.2, 0.25) is 0 Å². The van der Waals surface area contributed by atoms with Gasteiger partial charge in [0.25, 0.3) is 0 Å². The first kappa shape index (κ1) is 18.5. The van der Waals surface area contributed by atoms with Gasteiger partial charge in [-0.1, -0.05) is 54.6 Å². The summed E-state index contributed by atoms with van der Waals surface area (Å²) in [6.07, 6.45) is 2.83. The second-order valence-electron chi connectivity index (χ2n) is 7.13. The van der Waals surface area contributed by atoms with E-state index in [4.69, 9.17) is 9.47 Å². The van der Waals surface area contributed by atoms with Crippen molar-refractivity contribution in [3.05, 3.63) is 77.9 Å². The third-order valence-electron chi connectivity index (χ3n) is 5.11. The lowest BCUT2D eigenvalue weighted by atomic mass is 10.0. The summed E-state index contributed by atoms with van der Waals surface area (Å²) in [7, 11) is 0. The molecule has 0 aromatic heterocycles. The topological polar surface area (TPSA) is 47.6 Å². The third kappa shape index (κ3) is 4.52. The molecule has 1 fully saturated rings. The first-order valence-corrected chi connectivity index (χ1v) is 9.91. The molecule has 4 rings (SSSR count). The average molecular weight is 375 g/mol. The van der Waals surface area contributed by atoms with Crippen molar-refractivity contribution < 1.29 is 14.3 Å². The highest BCUT2D eigenvalue weighted by Crippen LogP contribution is 2.30. The first-order chi connectivity index (χ1) is 13.8. The number of carbonyl (C=O) groups excluding carboxylic acids is 1. The zero-order valence-electron chi connectivity index (χ0n) is 15.9. The van der Waals surface area contributed by atoms with Gasteiger partial charge in [0, 0.05) is 11.8 Å². The van der Waals surface area contributed by atoms with Crippen LogP contribution in [0.4, 0.5) is 0 Å². The molecule has 0 atom stereocenters. The lowest BCUT2D eigenvalue weighted by Crippen LogP contribution is -2.34. The van der Waals surface area contributed by atoms with E-state index in [1.165, 1.54) is 0 Å². The van der Waals surface area contributed by atoms with Crippen molar-refractivity contribution in [1.29, 1.82) is 0 Å². The van der Waals surface area contributed by atoms with Crippen molar-refractivity contribution in [2.45, 2.75) is 25.4 Å². The van der Waals surface area contributed by atoms with E-state index in [1.54, 1.807) is 0 Å². The van der Waals surface area contributed by atoms with Gasteiger partial charge in [-0.2, -0.15) is 0 Å². The Labute approximate surface area is 165 Å².